The lowest BCUT2D eigenvalue weighted by Gasteiger charge is -2.04. The standard InChI is InChI=1S/C9H10N6.C6H6O3S/c1-14-9(10)15(13-12-14)11-7-8-5-3-2-4-6-8;7-10(8,9)6-4-2-1-3-5-6/h2-7,10H,1H3;1-5H,(H,7,8,9)/b11-7-;. The van der Waals surface area contributed by atoms with Crippen molar-refractivity contribution in [3.63, 3.8) is 0 Å². The lowest BCUT2D eigenvalue weighted by Crippen LogP contribution is -2.33. The molecule has 0 aliphatic carbocycles. The van der Waals surface area contributed by atoms with Crippen molar-refractivity contribution >= 4 is 22.3 Å². The van der Waals surface area contributed by atoms with Gasteiger partial charge in [0.15, 0.2) is 0 Å². The zero-order valence-corrected chi connectivity index (χ0v) is 14.1. The highest BCUT2D eigenvalue weighted by molar-refractivity contribution is 7.85. The van der Waals surface area contributed by atoms with Crippen LogP contribution in [0.25, 0.3) is 0 Å². The van der Waals surface area contributed by atoms with Crippen molar-refractivity contribution in [2.45, 2.75) is 4.90 Å². The zero-order valence-electron chi connectivity index (χ0n) is 13.3. The van der Waals surface area contributed by atoms with E-state index in [4.69, 9.17) is 5.73 Å². The molecule has 3 rings (SSSR count). The van der Waals surface area contributed by atoms with Gasteiger partial charge >= 0.3 is 5.95 Å². The largest absolute Gasteiger partial charge is 0.744 e. The minimum absolute atomic E-state index is 0.185. The fourth-order valence-corrected chi connectivity index (χ4v) is 2.14. The summed E-state index contributed by atoms with van der Waals surface area (Å²) in [5, 5.41) is 11.5. The molecule has 0 aliphatic heterocycles. The van der Waals surface area contributed by atoms with Crippen LogP contribution in [0.4, 0.5) is 5.95 Å². The molecule has 130 valence electrons. The van der Waals surface area contributed by atoms with Crippen LogP contribution in [0.1, 0.15) is 5.56 Å². The monoisotopic (exact) mass is 360 g/mol. The Bertz CT molecular complexity index is 940. The number of tetrazole rings is 1. The van der Waals surface area contributed by atoms with E-state index >= 15 is 0 Å². The summed E-state index contributed by atoms with van der Waals surface area (Å²) >= 11 is 0. The van der Waals surface area contributed by atoms with Crippen LogP contribution in [0.5, 0.6) is 0 Å². The van der Waals surface area contributed by atoms with Gasteiger partial charge in [0, 0.05) is 4.79 Å². The van der Waals surface area contributed by atoms with Gasteiger partial charge in [-0.1, -0.05) is 53.6 Å². The predicted molar refractivity (Wildman–Crippen MR) is 89.4 cm³/mol. The third-order valence-corrected chi connectivity index (χ3v) is 3.79. The molecule has 0 bridgehead atoms. The van der Waals surface area contributed by atoms with E-state index in [9.17, 15) is 13.0 Å². The van der Waals surface area contributed by atoms with E-state index in [0.29, 0.717) is 5.95 Å². The molecule has 10 heteroatoms. The summed E-state index contributed by atoms with van der Waals surface area (Å²) in [7, 11) is -2.55. The molecule has 0 radical (unpaired) electrons. The number of rotatable bonds is 3. The van der Waals surface area contributed by atoms with Gasteiger partial charge in [-0.25, -0.2) is 8.42 Å². The van der Waals surface area contributed by atoms with Crippen LogP contribution in [0.15, 0.2) is 70.7 Å². The second-order valence-corrected chi connectivity index (χ2v) is 6.15. The van der Waals surface area contributed by atoms with Crippen LogP contribution in [0.3, 0.4) is 0 Å². The fourth-order valence-electron chi connectivity index (χ4n) is 1.65. The van der Waals surface area contributed by atoms with Crippen molar-refractivity contribution in [2.75, 3.05) is 5.73 Å². The highest BCUT2D eigenvalue weighted by Gasteiger charge is 2.10. The number of aryl methyl sites for hydroxylation is 1. The molecule has 1 heterocycles. The van der Waals surface area contributed by atoms with Gasteiger partial charge < -0.3 is 10.3 Å². The first kappa shape index (κ1) is 18.2. The number of aromatic nitrogens is 4. The maximum absolute atomic E-state index is 10.3. The van der Waals surface area contributed by atoms with E-state index < -0.39 is 10.1 Å². The third-order valence-electron chi connectivity index (χ3n) is 2.94. The highest BCUT2D eigenvalue weighted by Crippen LogP contribution is 2.05. The summed E-state index contributed by atoms with van der Waals surface area (Å²) in [6, 6.07) is 16.9. The molecular weight excluding hydrogens is 344 g/mol. The number of benzene rings is 2. The molecule has 0 aliphatic rings. The van der Waals surface area contributed by atoms with E-state index in [1.54, 1.807) is 19.3 Å². The van der Waals surface area contributed by atoms with E-state index in [1.165, 1.54) is 33.7 Å². The Morgan fingerprint density at radius 1 is 1.12 bits per heavy atom. The van der Waals surface area contributed by atoms with Crippen molar-refractivity contribution in [2.24, 2.45) is 12.1 Å². The van der Waals surface area contributed by atoms with Crippen molar-refractivity contribution in [3.8, 4) is 0 Å². The van der Waals surface area contributed by atoms with E-state index in [2.05, 4.69) is 15.5 Å². The number of nitrogen functional groups attached to an aromatic ring is 1. The van der Waals surface area contributed by atoms with Crippen LogP contribution in [0, 0.1) is 0 Å². The van der Waals surface area contributed by atoms with E-state index in [-0.39, 0.29) is 4.90 Å². The Morgan fingerprint density at radius 3 is 2.12 bits per heavy atom. The molecule has 1 aromatic heterocycles. The Labute approximate surface area is 144 Å². The number of nitrogens with two attached hydrogens (primary N) is 1. The molecule has 0 unspecified atom stereocenters. The highest BCUT2D eigenvalue weighted by atomic mass is 32.2. The summed E-state index contributed by atoms with van der Waals surface area (Å²) in [5.41, 5.74) is 6.64. The van der Waals surface area contributed by atoms with Crippen molar-refractivity contribution in [1.29, 1.82) is 0 Å². The minimum Gasteiger partial charge on any atom is -0.744 e. The number of anilines is 1. The van der Waals surface area contributed by atoms with Gasteiger partial charge in [0.1, 0.15) is 15.3 Å². The molecular formula is C15H16N6O3S. The van der Waals surface area contributed by atoms with Crippen LogP contribution in [0.2, 0.25) is 0 Å². The Balaban J connectivity index is 0.000000196. The normalized spacial score (nSPS) is 11.1. The predicted octanol–water partition coefficient (Wildman–Crippen LogP) is 0.158. The first-order valence-corrected chi connectivity index (χ1v) is 8.46. The van der Waals surface area contributed by atoms with Crippen molar-refractivity contribution < 1.29 is 17.7 Å². The summed E-state index contributed by atoms with van der Waals surface area (Å²) in [4.78, 5) is 1.09. The minimum atomic E-state index is -4.25. The third kappa shape index (κ3) is 5.48. The Hall–Kier alpha value is -3.11. The number of hydrogen-bond donors (Lipinski definition) is 1. The molecule has 3 aromatic rings. The Morgan fingerprint density at radius 2 is 1.68 bits per heavy atom. The van der Waals surface area contributed by atoms with E-state index in [0.717, 1.165) is 5.56 Å². The van der Waals surface area contributed by atoms with Crippen LogP contribution < -0.4 is 10.4 Å². The molecule has 9 nitrogen and oxygen atoms in total. The molecule has 0 spiro atoms. The van der Waals surface area contributed by atoms with Crippen LogP contribution in [-0.4, -0.2) is 34.4 Å². The topological polar surface area (TPSA) is 130 Å². The van der Waals surface area contributed by atoms with Gasteiger partial charge in [-0.3, -0.25) is 0 Å². The number of nitrogens with zero attached hydrogens (tertiary/aromatic N) is 5. The summed E-state index contributed by atoms with van der Waals surface area (Å²) in [6.45, 7) is 0. The first-order chi connectivity index (χ1) is 11.9. The molecule has 0 saturated heterocycles. The molecule has 0 fully saturated rings. The van der Waals surface area contributed by atoms with Gasteiger partial charge in [-0.2, -0.15) is 0 Å². The molecule has 0 amide bonds. The molecule has 0 atom stereocenters. The summed E-state index contributed by atoms with van der Waals surface area (Å²) < 4.78 is 32.3. The van der Waals surface area contributed by atoms with Gasteiger partial charge in [0.05, 0.1) is 23.4 Å². The summed E-state index contributed by atoms with van der Waals surface area (Å²) in [6.07, 6.45) is 1.67. The average Bonchev–Trinajstić information content (AvgIpc) is 2.93. The molecule has 2 N–H and O–H groups in total. The van der Waals surface area contributed by atoms with Crippen LogP contribution >= 0.6 is 0 Å². The van der Waals surface area contributed by atoms with Crippen molar-refractivity contribution in [1.82, 2.24) is 15.2 Å². The van der Waals surface area contributed by atoms with Gasteiger partial charge in [-0.15, -0.1) is 4.68 Å². The van der Waals surface area contributed by atoms with Gasteiger partial charge in [0.2, 0.25) is 0 Å². The molecule has 0 saturated carbocycles. The van der Waals surface area contributed by atoms with Crippen molar-refractivity contribution in [3.05, 3.63) is 66.2 Å². The SMILES string of the molecule is C[n+]1nnn(/N=C\c2ccccc2)c1N.O=S(=O)([O-])c1ccccc1. The smallest absolute Gasteiger partial charge is 0.388 e. The molecule has 2 aromatic carbocycles. The van der Waals surface area contributed by atoms with E-state index in [1.807, 2.05) is 30.3 Å². The summed E-state index contributed by atoms with van der Waals surface area (Å²) in [5.74, 6) is 0.377. The van der Waals surface area contributed by atoms with Gasteiger partial charge in [0.25, 0.3) is 0 Å². The first-order valence-electron chi connectivity index (χ1n) is 7.06. The second-order valence-electron chi connectivity index (χ2n) is 4.77. The maximum atomic E-state index is 10.3. The quantitative estimate of drug-likeness (QED) is 0.402. The zero-order chi connectivity index (χ0) is 18.3. The molecule has 25 heavy (non-hydrogen) atoms. The number of hydrogen-bond acceptors (Lipinski definition) is 7. The lowest BCUT2D eigenvalue weighted by molar-refractivity contribution is -0.718. The Kier molecular flexibility index (Phi) is 5.93. The average molecular weight is 360 g/mol. The maximum Gasteiger partial charge on any atom is 0.388 e. The van der Waals surface area contributed by atoms with Crippen LogP contribution in [-0.2, 0) is 17.2 Å². The second kappa shape index (κ2) is 8.13. The van der Waals surface area contributed by atoms with Gasteiger partial charge in [-0.05, 0) is 17.7 Å². The lowest BCUT2D eigenvalue weighted by atomic mass is 10.2. The fraction of sp³-hybridized carbons (Fsp3) is 0.0667.